The van der Waals surface area contributed by atoms with E-state index in [1.807, 2.05) is 0 Å². The zero-order chi connectivity index (χ0) is 12.7. The summed E-state index contributed by atoms with van der Waals surface area (Å²) in [6, 6.07) is 0.858. The molecule has 0 saturated heterocycles. The third-order valence-electron chi connectivity index (χ3n) is 3.91. The van der Waals surface area contributed by atoms with Crippen molar-refractivity contribution in [2.75, 3.05) is 19.6 Å². The van der Waals surface area contributed by atoms with E-state index in [9.17, 15) is 0 Å². The zero-order valence-corrected chi connectivity index (χ0v) is 12.1. The van der Waals surface area contributed by atoms with Crippen LogP contribution in [-0.4, -0.2) is 30.6 Å². The van der Waals surface area contributed by atoms with Crippen LogP contribution in [-0.2, 0) is 0 Å². The summed E-state index contributed by atoms with van der Waals surface area (Å²) in [6.45, 7) is 10.4. The SMILES string of the molecule is CC(C)CC(C)CN(CCCN)C1CCCC1. The van der Waals surface area contributed by atoms with Crippen LogP contribution in [0.25, 0.3) is 0 Å². The molecule has 102 valence electrons. The second kappa shape index (κ2) is 8.10. The molecule has 1 unspecified atom stereocenters. The van der Waals surface area contributed by atoms with E-state index in [1.54, 1.807) is 0 Å². The lowest BCUT2D eigenvalue weighted by molar-refractivity contribution is 0.163. The molecule has 0 bridgehead atoms. The molecule has 1 atom stereocenters. The molecule has 17 heavy (non-hydrogen) atoms. The predicted octanol–water partition coefficient (Wildman–Crippen LogP) is 3.26. The Balaban J connectivity index is 2.38. The molecule has 0 aromatic heterocycles. The van der Waals surface area contributed by atoms with Gasteiger partial charge in [-0.25, -0.2) is 0 Å². The van der Waals surface area contributed by atoms with Gasteiger partial charge in [0.2, 0.25) is 0 Å². The average Bonchev–Trinajstić information content (AvgIpc) is 2.76. The molecule has 0 heterocycles. The van der Waals surface area contributed by atoms with Crippen molar-refractivity contribution < 1.29 is 0 Å². The van der Waals surface area contributed by atoms with Gasteiger partial charge in [-0.05, 0) is 50.6 Å². The largest absolute Gasteiger partial charge is 0.330 e. The van der Waals surface area contributed by atoms with E-state index >= 15 is 0 Å². The topological polar surface area (TPSA) is 29.3 Å². The summed E-state index contributed by atoms with van der Waals surface area (Å²) < 4.78 is 0. The molecule has 2 heteroatoms. The van der Waals surface area contributed by atoms with Crippen molar-refractivity contribution in [3.63, 3.8) is 0 Å². The predicted molar refractivity (Wildman–Crippen MR) is 76.1 cm³/mol. The number of nitrogens with two attached hydrogens (primary N) is 1. The Morgan fingerprint density at radius 3 is 2.35 bits per heavy atom. The number of nitrogens with zero attached hydrogens (tertiary/aromatic N) is 1. The minimum Gasteiger partial charge on any atom is -0.330 e. The molecule has 1 rings (SSSR count). The van der Waals surface area contributed by atoms with Crippen molar-refractivity contribution in [1.29, 1.82) is 0 Å². The summed E-state index contributed by atoms with van der Waals surface area (Å²) in [5.41, 5.74) is 5.66. The van der Waals surface area contributed by atoms with Crippen molar-refractivity contribution >= 4 is 0 Å². The lowest BCUT2D eigenvalue weighted by Crippen LogP contribution is -2.38. The smallest absolute Gasteiger partial charge is 0.00953 e. The lowest BCUT2D eigenvalue weighted by Gasteiger charge is -2.31. The summed E-state index contributed by atoms with van der Waals surface area (Å²) >= 11 is 0. The van der Waals surface area contributed by atoms with E-state index in [0.717, 1.165) is 30.8 Å². The van der Waals surface area contributed by atoms with Gasteiger partial charge in [0.15, 0.2) is 0 Å². The highest BCUT2D eigenvalue weighted by Crippen LogP contribution is 2.25. The second-order valence-corrected chi connectivity index (χ2v) is 6.31. The van der Waals surface area contributed by atoms with Crippen LogP contribution < -0.4 is 5.73 Å². The first-order valence-electron chi connectivity index (χ1n) is 7.57. The van der Waals surface area contributed by atoms with E-state index in [2.05, 4.69) is 25.7 Å². The van der Waals surface area contributed by atoms with Gasteiger partial charge in [0.05, 0.1) is 0 Å². The van der Waals surface area contributed by atoms with Crippen molar-refractivity contribution in [1.82, 2.24) is 4.90 Å². The molecule has 0 radical (unpaired) electrons. The fourth-order valence-electron chi connectivity index (χ4n) is 3.27. The maximum atomic E-state index is 5.66. The number of hydrogen-bond acceptors (Lipinski definition) is 2. The maximum Gasteiger partial charge on any atom is 0.00953 e. The molecular weight excluding hydrogens is 208 g/mol. The van der Waals surface area contributed by atoms with Crippen molar-refractivity contribution in [3.05, 3.63) is 0 Å². The molecule has 0 aromatic rings. The third kappa shape index (κ3) is 5.87. The highest BCUT2D eigenvalue weighted by atomic mass is 15.2. The number of hydrogen-bond donors (Lipinski definition) is 1. The number of rotatable bonds is 8. The van der Waals surface area contributed by atoms with Crippen LogP contribution in [0.3, 0.4) is 0 Å². The molecule has 1 aliphatic carbocycles. The zero-order valence-electron chi connectivity index (χ0n) is 12.1. The normalized spacial score (nSPS) is 19.4. The standard InChI is InChI=1S/C15H32N2/c1-13(2)11-14(3)12-17(10-6-9-16)15-7-4-5-8-15/h13-15H,4-12,16H2,1-3H3. The summed E-state index contributed by atoms with van der Waals surface area (Å²) in [4.78, 5) is 2.73. The molecule has 0 aliphatic heterocycles. The first-order valence-corrected chi connectivity index (χ1v) is 7.57. The molecular formula is C15H32N2. The van der Waals surface area contributed by atoms with Gasteiger partial charge in [-0.1, -0.05) is 33.6 Å². The van der Waals surface area contributed by atoms with Crippen molar-refractivity contribution in [2.45, 2.75) is 65.3 Å². The fourth-order valence-corrected chi connectivity index (χ4v) is 3.27. The van der Waals surface area contributed by atoms with E-state index in [0.29, 0.717) is 0 Å². The van der Waals surface area contributed by atoms with E-state index in [-0.39, 0.29) is 0 Å². The van der Waals surface area contributed by atoms with Crippen LogP contribution in [0.15, 0.2) is 0 Å². The van der Waals surface area contributed by atoms with Crippen LogP contribution in [0.2, 0.25) is 0 Å². The van der Waals surface area contributed by atoms with Gasteiger partial charge in [0.1, 0.15) is 0 Å². The molecule has 2 nitrogen and oxygen atoms in total. The Morgan fingerprint density at radius 1 is 1.18 bits per heavy atom. The minimum atomic E-state index is 0.824. The molecule has 0 aromatic carbocycles. The molecule has 2 N–H and O–H groups in total. The fraction of sp³-hybridized carbons (Fsp3) is 1.00. The van der Waals surface area contributed by atoms with Crippen molar-refractivity contribution in [2.24, 2.45) is 17.6 Å². The van der Waals surface area contributed by atoms with Crippen LogP contribution in [0.4, 0.5) is 0 Å². The van der Waals surface area contributed by atoms with Gasteiger partial charge in [0.25, 0.3) is 0 Å². The molecule has 1 saturated carbocycles. The van der Waals surface area contributed by atoms with E-state index in [4.69, 9.17) is 5.73 Å². The van der Waals surface area contributed by atoms with Crippen LogP contribution in [0.1, 0.15) is 59.3 Å². The van der Waals surface area contributed by atoms with Crippen LogP contribution >= 0.6 is 0 Å². The van der Waals surface area contributed by atoms with E-state index < -0.39 is 0 Å². The summed E-state index contributed by atoms with van der Waals surface area (Å²) in [5, 5.41) is 0. The molecule has 1 aliphatic rings. The highest BCUT2D eigenvalue weighted by Gasteiger charge is 2.23. The van der Waals surface area contributed by atoms with E-state index in [1.165, 1.54) is 45.2 Å². The van der Waals surface area contributed by atoms with Crippen molar-refractivity contribution in [3.8, 4) is 0 Å². The Bertz CT molecular complexity index is 185. The van der Waals surface area contributed by atoms with Crippen LogP contribution in [0, 0.1) is 11.8 Å². The summed E-state index contributed by atoms with van der Waals surface area (Å²) in [5.74, 6) is 1.65. The van der Waals surface area contributed by atoms with Gasteiger partial charge in [-0.2, -0.15) is 0 Å². The van der Waals surface area contributed by atoms with Gasteiger partial charge in [-0.3, -0.25) is 0 Å². The minimum absolute atomic E-state index is 0.824. The third-order valence-corrected chi connectivity index (χ3v) is 3.91. The Hall–Kier alpha value is -0.0800. The van der Waals surface area contributed by atoms with Gasteiger partial charge in [0, 0.05) is 12.6 Å². The van der Waals surface area contributed by atoms with Gasteiger partial charge >= 0.3 is 0 Å². The molecule has 0 spiro atoms. The van der Waals surface area contributed by atoms with Gasteiger partial charge in [-0.15, -0.1) is 0 Å². The first-order chi connectivity index (χ1) is 8.13. The highest BCUT2D eigenvalue weighted by molar-refractivity contribution is 4.79. The Labute approximate surface area is 108 Å². The quantitative estimate of drug-likeness (QED) is 0.705. The summed E-state index contributed by atoms with van der Waals surface area (Å²) in [6.07, 6.45) is 8.21. The maximum absolute atomic E-state index is 5.66. The van der Waals surface area contributed by atoms with Gasteiger partial charge < -0.3 is 10.6 Å². The Morgan fingerprint density at radius 2 is 1.82 bits per heavy atom. The first kappa shape index (κ1) is 15.0. The monoisotopic (exact) mass is 240 g/mol. The molecule has 1 fully saturated rings. The van der Waals surface area contributed by atoms with Crippen LogP contribution in [0.5, 0.6) is 0 Å². The lowest BCUT2D eigenvalue weighted by atomic mass is 9.97. The summed E-state index contributed by atoms with van der Waals surface area (Å²) in [7, 11) is 0. The second-order valence-electron chi connectivity index (χ2n) is 6.31. The Kier molecular flexibility index (Phi) is 7.14. The molecule has 0 amide bonds. The average molecular weight is 240 g/mol.